The standard InChI is InChI=1S/C19H13NO5S2/c1-25-18(24)14-5-3-2-4-12(14)10-15-16(21)20(19(26)27-15)13-8-6-11(7-9-13)17(22)23/h2-10H,1H3,(H,22,23)/b15-10-. The van der Waals surface area contributed by atoms with Crippen LogP contribution in [0.25, 0.3) is 6.08 Å². The molecule has 0 aliphatic carbocycles. The minimum absolute atomic E-state index is 0.117. The van der Waals surface area contributed by atoms with Gasteiger partial charge < -0.3 is 9.84 Å². The number of carbonyl (C=O) groups is 3. The number of methoxy groups -OCH3 is 1. The van der Waals surface area contributed by atoms with Gasteiger partial charge in [0.1, 0.15) is 0 Å². The van der Waals surface area contributed by atoms with Crippen LogP contribution in [0.3, 0.4) is 0 Å². The lowest BCUT2D eigenvalue weighted by atomic mass is 10.1. The molecule has 1 N–H and O–H groups in total. The summed E-state index contributed by atoms with van der Waals surface area (Å²) in [4.78, 5) is 37.4. The molecule has 0 atom stereocenters. The SMILES string of the molecule is COC(=O)c1ccccc1/C=C1\SC(=S)N(c2ccc(C(=O)O)cc2)C1=O. The molecule has 1 aliphatic heterocycles. The lowest BCUT2D eigenvalue weighted by molar-refractivity contribution is -0.113. The van der Waals surface area contributed by atoms with Crippen LogP contribution in [0.4, 0.5) is 5.69 Å². The third-order valence-corrected chi connectivity index (χ3v) is 5.12. The lowest BCUT2D eigenvalue weighted by Gasteiger charge is -2.14. The number of hydrogen-bond donors (Lipinski definition) is 1. The molecule has 1 fully saturated rings. The molecule has 1 amide bonds. The number of thiocarbonyl (C=S) groups is 1. The Kier molecular flexibility index (Phi) is 5.38. The van der Waals surface area contributed by atoms with Crippen molar-refractivity contribution in [3.8, 4) is 0 Å². The summed E-state index contributed by atoms with van der Waals surface area (Å²) >= 11 is 6.41. The molecule has 1 heterocycles. The van der Waals surface area contributed by atoms with E-state index in [9.17, 15) is 14.4 Å². The molecule has 0 saturated carbocycles. The number of carbonyl (C=O) groups excluding carboxylic acids is 2. The van der Waals surface area contributed by atoms with Crippen molar-refractivity contribution >= 4 is 57.9 Å². The van der Waals surface area contributed by atoms with E-state index in [1.807, 2.05) is 0 Å². The van der Waals surface area contributed by atoms with E-state index >= 15 is 0 Å². The van der Waals surface area contributed by atoms with Crippen LogP contribution in [-0.4, -0.2) is 34.4 Å². The molecule has 0 aromatic heterocycles. The number of thioether (sulfide) groups is 1. The second kappa shape index (κ2) is 7.73. The summed E-state index contributed by atoms with van der Waals surface area (Å²) in [6.45, 7) is 0. The van der Waals surface area contributed by atoms with Crippen LogP contribution in [0.15, 0.2) is 53.4 Å². The molecule has 0 bridgehead atoms. The van der Waals surface area contributed by atoms with E-state index in [2.05, 4.69) is 0 Å². The molecule has 6 nitrogen and oxygen atoms in total. The minimum Gasteiger partial charge on any atom is -0.478 e. The Labute approximate surface area is 164 Å². The Morgan fingerprint density at radius 2 is 1.81 bits per heavy atom. The number of anilines is 1. The van der Waals surface area contributed by atoms with Gasteiger partial charge in [-0.15, -0.1) is 0 Å². The highest BCUT2D eigenvalue weighted by Gasteiger charge is 2.33. The fraction of sp³-hybridized carbons (Fsp3) is 0.0526. The Balaban J connectivity index is 1.94. The molecular weight excluding hydrogens is 386 g/mol. The van der Waals surface area contributed by atoms with Gasteiger partial charge in [0.2, 0.25) is 0 Å². The first kappa shape index (κ1) is 18.8. The topological polar surface area (TPSA) is 83.9 Å². The fourth-order valence-electron chi connectivity index (χ4n) is 2.50. The van der Waals surface area contributed by atoms with Crippen molar-refractivity contribution in [2.75, 3.05) is 12.0 Å². The van der Waals surface area contributed by atoms with E-state index in [4.69, 9.17) is 22.1 Å². The van der Waals surface area contributed by atoms with Crippen molar-refractivity contribution < 1.29 is 24.2 Å². The van der Waals surface area contributed by atoms with E-state index in [0.29, 0.717) is 26.0 Å². The second-order valence-corrected chi connectivity index (χ2v) is 7.12. The zero-order valence-corrected chi connectivity index (χ0v) is 15.7. The normalized spacial score (nSPS) is 15.3. The van der Waals surface area contributed by atoms with Gasteiger partial charge in [-0.2, -0.15) is 0 Å². The fourth-order valence-corrected chi connectivity index (χ4v) is 3.79. The highest BCUT2D eigenvalue weighted by molar-refractivity contribution is 8.27. The second-order valence-electron chi connectivity index (χ2n) is 5.45. The number of carboxylic acid groups (broad SMARTS) is 1. The smallest absolute Gasteiger partial charge is 0.338 e. The van der Waals surface area contributed by atoms with Crippen LogP contribution in [0.2, 0.25) is 0 Å². The Morgan fingerprint density at radius 1 is 1.15 bits per heavy atom. The van der Waals surface area contributed by atoms with Crippen molar-refractivity contribution in [2.45, 2.75) is 0 Å². The predicted octanol–water partition coefficient (Wildman–Crippen LogP) is 3.58. The monoisotopic (exact) mass is 399 g/mol. The molecule has 1 saturated heterocycles. The number of esters is 1. The average molecular weight is 399 g/mol. The van der Waals surface area contributed by atoms with Crippen LogP contribution < -0.4 is 4.90 Å². The van der Waals surface area contributed by atoms with E-state index < -0.39 is 11.9 Å². The third kappa shape index (κ3) is 3.76. The maximum Gasteiger partial charge on any atom is 0.338 e. The van der Waals surface area contributed by atoms with Crippen molar-refractivity contribution in [3.05, 3.63) is 70.1 Å². The number of benzene rings is 2. The van der Waals surface area contributed by atoms with Crippen molar-refractivity contribution in [1.29, 1.82) is 0 Å². The Hall–Kier alpha value is -2.97. The van der Waals surface area contributed by atoms with E-state index in [1.165, 1.54) is 36.3 Å². The lowest BCUT2D eigenvalue weighted by Crippen LogP contribution is -2.27. The summed E-state index contributed by atoms with van der Waals surface area (Å²) in [5.74, 6) is -1.89. The van der Waals surface area contributed by atoms with E-state index in [0.717, 1.165) is 11.8 Å². The van der Waals surface area contributed by atoms with Gasteiger partial charge >= 0.3 is 11.9 Å². The zero-order valence-electron chi connectivity index (χ0n) is 14.0. The molecular formula is C19H13NO5S2. The molecule has 8 heteroatoms. The van der Waals surface area contributed by atoms with Crippen molar-refractivity contribution in [3.63, 3.8) is 0 Å². The molecule has 2 aromatic carbocycles. The first-order chi connectivity index (χ1) is 12.9. The van der Waals surface area contributed by atoms with Gasteiger partial charge in [-0.1, -0.05) is 42.2 Å². The molecule has 0 unspecified atom stereocenters. The highest BCUT2D eigenvalue weighted by Crippen LogP contribution is 2.36. The summed E-state index contributed by atoms with van der Waals surface area (Å²) < 4.78 is 5.09. The van der Waals surface area contributed by atoms with Crippen LogP contribution >= 0.6 is 24.0 Å². The number of hydrogen-bond acceptors (Lipinski definition) is 6. The summed E-state index contributed by atoms with van der Waals surface area (Å²) in [5.41, 5.74) is 1.49. The molecule has 136 valence electrons. The average Bonchev–Trinajstić information content (AvgIpc) is 2.95. The van der Waals surface area contributed by atoms with Gasteiger partial charge in [0.15, 0.2) is 4.32 Å². The van der Waals surface area contributed by atoms with Gasteiger partial charge in [0, 0.05) is 0 Å². The Morgan fingerprint density at radius 3 is 2.44 bits per heavy atom. The van der Waals surface area contributed by atoms with E-state index in [1.54, 1.807) is 30.3 Å². The van der Waals surface area contributed by atoms with Gasteiger partial charge in [-0.05, 0) is 42.0 Å². The summed E-state index contributed by atoms with van der Waals surface area (Å²) in [6, 6.07) is 12.7. The Bertz CT molecular complexity index is 982. The van der Waals surface area contributed by atoms with Crippen LogP contribution in [0, 0.1) is 0 Å². The number of rotatable bonds is 4. The molecule has 0 spiro atoms. The van der Waals surface area contributed by atoms with Crippen molar-refractivity contribution in [1.82, 2.24) is 0 Å². The van der Waals surface area contributed by atoms with Gasteiger partial charge in [-0.25, -0.2) is 9.59 Å². The van der Waals surface area contributed by atoms with Gasteiger partial charge in [-0.3, -0.25) is 9.69 Å². The number of aromatic carboxylic acids is 1. The number of nitrogens with zero attached hydrogens (tertiary/aromatic N) is 1. The van der Waals surface area contributed by atoms with E-state index in [-0.39, 0.29) is 11.5 Å². The zero-order chi connectivity index (χ0) is 19.6. The molecule has 27 heavy (non-hydrogen) atoms. The first-order valence-electron chi connectivity index (χ1n) is 7.71. The predicted molar refractivity (Wildman–Crippen MR) is 107 cm³/mol. The third-order valence-electron chi connectivity index (χ3n) is 3.82. The van der Waals surface area contributed by atoms with Crippen LogP contribution in [0.1, 0.15) is 26.3 Å². The first-order valence-corrected chi connectivity index (χ1v) is 8.93. The molecule has 1 aliphatic rings. The quantitative estimate of drug-likeness (QED) is 0.478. The maximum absolute atomic E-state index is 12.8. The largest absolute Gasteiger partial charge is 0.478 e. The summed E-state index contributed by atoms with van der Waals surface area (Å²) in [5, 5.41) is 8.99. The summed E-state index contributed by atoms with van der Waals surface area (Å²) in [7, 11) is 1.29. The molecule has 0 radical (unpaired) electrons. The van der Waals surface area contributed by atoms with Crippen LogP contribution in [0.5, 0.6) is 0 Å². The number of ether oxygens (including phenoxy) is 1. The molecule has 3 rings (SSSR count). The van der Waals surface area contributed by atoms with Gasteiger partial charge in [0.25, 0.3) is 5.91 Å². The molecule has 2 aromatic rings. The van der Waals surface area contributed by atoms with Gasteiger partial charge in [0.05, 0.1) is 28.8 Å². The highest BCUT2D eigenvalue weighted by atomic mass is 32.2. The van der Waals surface area contributed by atoms with Crippen LogP contribution in [-0.2, 0) is 9.53 Å². The number of amides is 1. The minimum atomic E-state index is -1.05. The number of carboxylic acids is 1. The maximum atomic E-state index is 12.8. The summed E-state index contributed by atoms with van der Waals surface area (Å²) in [6.07, 6.45) is 1.59. The van der Waals surface area contributed by atoms with Crippen molar-refractivity contribution in [2.24, 2.45) is 0 Å².